The molecule has 0 spiro atoms. The summed E-state index contributed by atoms with van der Waals surface area (Å²) in [6.07, 6.45) is 11.0. The zero-order valence-electron chi connectivity index (χ0n) is 16.4. The van der Waals surface area contributed by atoms with Crippen molar-refractivity contribution >= 4 is 5.96 Å². The minimum Gasteiger partial charge on any atom is -0.335 e. The van der Waals surface area contributed by atoms with Gasteiger partial charge in [0.1, 0.15) is 0 Å². The van der Waals surface area contributed by atoms with Gasteiger partial charge in [-0.1, -0.05) is 68.4 Å². The smallest absolute Gasteiger partial charge is 0.335 e. The van der Waals surface area contributed by atoms with Gasteiger partial charge in [0.2, 0.25) is 5.82 Å². The third-order valence-corrected chi connectivity index (χ3v) is 5.34. The van der Waals surface area contributed by atoms with E-state index in [1.807, 2.05) is 4.58 Å². The second-order valence-corrected chi connectivity index (χ2v) is 7.45. The van der Waals surface area contributed by atoms with Crippen LogP contribution in [0, 0.1) is 0 Å². The number of nitrogens with zero attached hydrogens (tertiary/aromatic N) is 3. The highest BCUT2D eigenvalue weighted by atomic mass is 16.5. The van der Waals surface area contributed by atoms with E-state index in [9.17, 15) is 0 Å². The molecule has 1 fully saturated rings. The average Bonchev–Trinajstić information content (AvgIpc) is 3.34. The summed E-state index contributed by atoms with van der Waals surface area (Å²) in [6, 6.07) is 8.49. The Labute approximate surface area is 161 Å². The van der Waals surface area contributed by atoms with E-state index >= 15 is 0 Å². The Balaban J connectivity index is 1.56. The van der Waals surface area contributed by atoms with Crippen molar-refractivity contribution in [2.24, 2.45) is 11.5 Å². The van der Waals surface area contributed by atoms with Crippen LogP contribution in [0.25, 0.3) is 11.4 Å². The van der Waals surface area contributed by atoms with Gasteiger partial charge in [-0.15, -0.1) is 0 Å². The molecule has 1 aliphatic rings. The van der Waals surface area contributed by atoms with Crippen LogP contribution in [0.5, 0.6) is 0 Å². The Kier molecular flexibility index (Phi) is 6.85. The molecule has 27 heavy (non-hydrogen) atoms. The van der Waals surface area contributed by atoms with Crippen molar-refractivity contribution in [1.82, 2.24) is 10.1 Å². The van der Waals surface area contributed by atoms with Crippen molar-refractivity contribution in [2.75, 3.05) is 6.54 Å². The lowest BCUT2D eigenvalue weighted by Gasteiger charge is -2.07. The fraction of sp³-hybridized carbons (Fsp3) is 0.571. The molecule has 1 aromatic carbocycles. The number of aryl methyl sites for hydroxylation is 1. The molecule has 2 heterocycles. The van der Waals surface area contributed by atoms with Crippen LogP contribution in [0.4, 0.5) is 0 Å². The minimum atomic E-state index is -0.0109. The van der Waals surface area contributed by atoms with Crippen LogP contribution in [0.15, 0.2) is 28.8 Å². The van der Waals surface area contributed by atoms with E-state index in [-0.39, 0.29) is 6.04 Å². The minimum absolute atomic E-state index is 0.0109. The van der Waals surface area contributed by atoms with E-state index < -0.39 is 0 Å². The zero-order chi connectivity index (χ0) is 19.1. The molecule has 1 atom stereocenters. The largest absolute Gasteiger partial charge is 0.341 e. The van der Waals surface area contributed by atoms with Gasteiger partial charge in [-0.2, -0.15) is 4.98 Å². The Hall–Kier alpha value is -2.37. The normalized spacial score (nSPS) is 16.8. The maximum atomic E-state index is 5.76. The maximum absolute atomic E-state index is 5.76. The molecular weight excluding hydrogens is 338 g/mol. The Morgan fingerprint density at radius 2 is 1.85 bits per heavy atom. The number of guanidine groups is 1. The molecule has 3 rings (SSSR count). The first-order chi connectivity index (χ1) is 13.2. The third-order valence-electron chi connectivity index (χ3n) is 5.34. The summed E-state index contributed by atoms with van der Waals surface area (Å²) in [4.78, 5) is 4.58. The molecule has 1 aliphatic heterocycles. The fourth-order valence-electron chi connectivity index (χ4n) is 3.75. The van der Waals surface area contributed by atoms with Gasteiger partial charge in [-0.25, -0.2) is 0 Å². The summed E-state index contributed by atoms with van der Waals surface area (Å²) in [5, 5.41) is 4.15. The lowest BCUT2D eigenvalue weighted by molar-refractivity contribution is -0.555. The molecule has 2 aromatic rings. The van der Waals surface area contributed by atoms with Gasteiger partial charge in [0.15, 0.2) is 6.04 Å². The van der Waals surface area contributed by atoms with E-state index in [0.717, 1.165) is 31.4 Å². The number of unbranched alkanes of at least 4 members (excludes halogenated alkanes) is 5. The lowest BCUT2D eigenvalue weighted by Crippen LogP contribution is -2.35. The number of benzene rings is 1. The highest BCUT2D eigenvalue weighted by Crippen LogP contribution is 2.28. The molecule has 0 bridgehead atoms. The third kappa shape index (κ3) is 5.08. The number of rotatable bonds is 9. The molecule has 6 heteroatoms. The predicted octanol–water partition coefficient (Wildman–Crippen LogP) is 3.76. The van der Waals surface area contributed by atoms with Crippen molar-refractivity contribution in [2.45, 2.75) is 70.8 Å². The second kappa shape index (κ2) is 9.53. The zero-order valence-corrected chi connectivity index (χ0v) is 16.4. The lowest BCUT2D eigenvalue weighted by atomic mass is 10.0. The average molecular weight is 371 g/mol. The van der Waals surface area contributed by atoms with E-state index in [2.05, 4.69) is 41.3 Å². The first-order valence-electron chi connectivity index (χ1n) is 10.3. The van der Waals surface area contributed by atoms with Gasteiger partial charge in [-0.05, 0) is 31.2 Å². The van der Waals surface area contributed by atoms with Crippen LogP contribution in [0.1, 0.15) is 75.8 Å². The SMILES string of the molecule is CCCCCCCCc1ccc(-c2noc([C@H]3CCC[N+]3=C(N)N)n2)cc1. The van der Waals surface area contributed by atoms with Gasteiger partial charge < -0.3 is 4.52 Å². The molecule has 0 radical (unpaired) electrons. The topological polar surface area (TPSA) is 94.0 Å². The van der Waals surface area contributed by atoms with E-state index in [0.29, 0.717) is 17.7 Å². The van der Waals surface area contributed by atoms with Gasteiger partial charge in [0.25, 0.3) is 5.89 Å². The molecule has 0 unspecified atom stereocenters. The predicted molar refractivity (Wildman–Crippen MR) is 107 cm³/mol. The van der Waals surface area contributed by atoms with Gasteiger partial charge in [0.05, 0.1) is 6.54 Å². The summed E-state index contributed by atoms with van der Waals surface area (Å²) < 4.78 is 7.43. The number of hydrogen-bond donors (Lipinski definition) is 2. The van der Waals surface area contributed by atoms with E-state index in [1.54, 1.807) is 0 Å². The molecule has 0 amide bonds. The number of nitrogens with two attached hydrogens (primary N) is 2. The highest BCUT2D eigenvalue weighted by molar-refractivity contribution is 5.70. The number of hydrogen-bond acceptors (Lipinski definition) is 3. The molecule has 4 N–H and O–H groups in total. The van der Waals surface area contributed by atoms with Gasteiger partial charge in [-0.3, -0.25) is 16.0 Å². The maximum Gasteiger partial charge on any atom is 0.341 e. The van der Waals surface area contributed by atoms with Crippen molar-refractivity contribution in [1.29, 1.82) is 0 Å². The summed E-state index contributed by atoms with van der Waals surface area (Å²) in [5.74, 6) is 1.53. The van der Waals surface area contributed by atoms with Crippen molar-refractivity contribution in [3.63, 3.8) is 0 Å². The summed E-state index contributed by atoms with van der Waals surface area (Å²) in [7, 11) is 0. The van der Waals surface area contributed by atoms with Crippen molar-refractivity contribution in [3.05, 3.63) is 35.7 Å². The van der Waals surface area contributed by atoms with E-state index in [1.165, 1.54) is 44.1 Å². The van der Waals surface area contributed by atoms with Crippen molar-refractivity contribution < 1.29 is 9.10 Å². The Morgan fingerprint density at radius 3 is 2.59 bits per heavy atom. The van der Waals surface area contributed by atoms with Crippen LogP contribution in [-0.2, 0) is 6.42 Å². The molecule has 1 saturated heterocycles. The monoisotopic (exact) mass is 370 g/mol. The summed E-state index contributed by atoms with van der Waals surface area (Å²) >= 11 is 0. The summed E-state index contributed by atoms with van der Waals surface area (Å²) in [6.45, 7) is 3.09. The van der Waals surface area contributed by atoms with Crippen LogP contribution in [0.2, 0.25) is 0 Å². The van der Waals surface area contributed by atoms with Crippen LogP contribution < -0.4 is 11.5 Å². The standard InChI is InChI=1S/C21H31N5O/c1-2-3-4-5-6-7-9-16-11-13-17(14-12-16)19-24-20(27-25-19)18-10-8-15-26(18)21(22)23/h11-14,18H,2-10,15H2,1H3,(H3,22,23)/p+1/t18-/m1/s1. The summed E-state index contributed by atoms with van der Waals surface area (Å²) in [5.41, 5.74) is 13.9. The van der Waals surface area contributed by atoms with Gasteiger partial charge >= 0.3 is 5.96 Å². The van der Waals surface area contributed by atoms with Gasteiger partial charge in [0, 0.05) is 5.56 Å². The highest BCUT2D eigenvalue weighted by Gasteiger charge is 2.31. The first-order valence-corrected chi connectivity index (χ1v) is 10.3. The second-order valence-electron chi connectivity index (χ2n) is 7.45. The molecular formula is C21H32N5O+. The quantitative estimate of drug-likeness (QED) is 0.398. The molecule has 146 valence electrons. The van der Waals surface area contributed by atoms with E-state index in [4.69, 9.17) is 16.0 Å². The molecule has 1 aromatic heterocycles. The molecule has 0 saturated carbocycles. The van der Waals surface area contributed by atoms with Crippen LogP contribution in [-0.4, -0.2) is 27.2 Å². The molecule has 0 aliphatic carbocycles. The van der Waals surface area contributed by atoms with Crippen LogP contribution in [0.3, 0.4) is 0 Å². The molecule has 6 nitrogen and oxygen atoms in total. The Morgan fingerprint density at radius 1 is 1.11 bits per heavy atom. The number of aromatic nitrogens is 2. The van der Waals surface area contributed by atoms with Crippen molar-refractivity contribution in [3.8, 4) is 11.4 Å². The first kappa shape index (κ1) is 19.4. The Bertz CT molecular complexity index is 746. The fourth-order valence-corrected chi connectivity index (χ4v) is 3.75. The van der Waals surface area contributed by atoms with Crippen LogP contribution >= 0.6 is 0 Å².